The molecule has 6 N–H and O–H groups in total. The number of carbonyl (C=O) groups is 3. The molecule has 0 aliphatic carbocycles. The lowest BCUT2D eigenvalue weighted by Gasteiger charge is -2.26. The molecule has 0 aliphatic rings. The highest BCUT2D eigenvalue weighted by Gasteiger charge is 2.31. The monoisotopic (exact) mass is 402 g/mol. The molecule has 0 bridgehead atoms. The highest BCUT2D eigenvalue weighted by molar-refractivity contribution is 5.93. The van der Waals surface area contributed by atoms with Gasteiger partial charge in [-0.05, 0) is 50.9 Å². The third-order valence-corrected chi connectivity index (χ3v) is 4.05. The zero-order valence-corrected chi connectivity index (χ0v) is 15.7. The number of amides is 3. The average molecular weight is 402 g/mol. The molecule has 1 aromatic carbocycles. The number of primary amides is 1. The molecule has 0 aromatic heterocycles. The molecular weight excluding hydrogens is 377 g/mol. The van der Waals surface area contributed by atoms with Gasteiger partial charge in [0.05, 0.1) is 12.0 Å². The molecule has 0 fully saturated rings. The molecule has 28 heavy (non-hydrogen) atoms. The van der Waals surface area contributed by atoms with Crippen LogP contribution in [0.1, 0.15) is 37.8 Å². The van der Waals surface area contributed by atoms with Crippen molar-refractivity contribution in [1.82, 2.24) is 10.6 Å². The molecular formula is C18H25F3N4O3. The number of hydrogen-bond acceptors (Lipinski definition) is 4. The van der Waals surface area contributed by atoms with Crippen molar-refractivity contribution in [2.24, 2.45) is 11.5 Å². The van der Waals surface area contributed by atoms with Crippen LogP contribution in [-0.4, -0.2) is 35.8 Å². The van der Waals surface area contributed by atoms with E-state index in [1.807, 2.05) is 0 Å². The van der Waals surface area contributed by atoms with Gasteiger partial charge >= 0.3 is 6.18 Å². The summed E-state index contributed by atoms with van der Waals surface area (Å²) in [6.07, 6.45) is -3.99. The van der Waals surface area contributed by atoms with Crippen LogP contribution in [-0.2, 0) is 27.0 Å². The Morgan fingerprint density at radius 2 is 1.68 bits per heavy atom. The molecule has 156 valence electrons. The van der Waals surface area contributed by atoms with Gasteiger partial charge in [0.15, 0.2) is 0 Å². The number of hydrogen-bond donors (Lipinski definition) is 4. The summed E-state index contributed by atoms with van der Waals surface area (Å²) in [6, 6.07) is 3.22. The number of carbonyl (C=O) groups excluding carboxylic acids is 3. The van der Waals surface area contributed by atoms with E-state index in [1.165, 1.54) is 26.0 Å². The first-order valence-electron chi connectivity index (χ1n) is 8.64. The molecule has 0 spiro atoms. The third-order valence-electron chi connectivity index (χ3n) is 4.05. The van der Waals surface area contributed by atoms with E-state index in [4.69, 9.17) is 11.5 Å². The Bertz CT molecular complexity index is 703. The SMILES string of the molecule is CC(C)(NC(=O)[C@H](CCCN)NC(=O)Cc1ccc(C(F)(F)F)cc1)C(N)=O. The van der Waals surface area contributed by atoms with Crippen LogP contribution in [0.3, 0.4) is 0 Å². The van der Waals surface area contributed by atoms with Crippen LogP contribution in [0, 0.1) is 0 Å². The van der Waals surface area contributed by atoms with Crippen molar-refractivity contribution < 1.29 is 27.6 Å². The Morgan fingerprint density at radius 1 is 1.11 bits per heavy atom. The van der Waals surface area contributed by atoms with Gasteiger partial charge in [-0.1, -0.05) is 12.1 Å². The van der Waals surface area contributed by atoms with E-state index in [9.17, 15) is 27.6 Å². The maximum Gasteiger partial charge on any atom is 0.416 e. The van der Waals surface area contributed by atoms with E-state index in [-0.39, 0.29) is 19.4 Å². The van der Waals surface area contributed by atoms with Crippen LogP contribution in [0.15, 0.2) is 24.3 Å². The number of benzene rings is 1. The molecule has 0 aliphatic heterocycles. The fraction of sp³-hybridized carbons (Fsp3) is 0.500. The van der Waals surface area contributed by atoms with Crippen LogP contribution in [0.2, 0.25) is 0 Å². The second-order valence-electron chi connectivity index (χ2n) is 6.90. The lowest BCUT2D eigenvalue weighted by Crippen LogP contribution is -2.58. The molecule has 0 saturated heterocycles. The van der Waals surface area contributed by atoms with Crippen molar-refractivity contribution in [3.63, 3.8) is 0 Å². The Hall–Kier alpha value is -2.62. The Morgan fingerprint density at radius 3 is 2.14 bits per heavy atom. The Kier molecular flexibility index (Phi) is 7.98. The van der Waals surface area contributed by atoms with Gasteiger partial charge in [0.25, 0.3) is 0 Å². The minimum Gasteiger partial charge on any atom is -0.368 e. The third kappa shape index (κ3) is 7.18. The van der Waals surface area contributed by atoms with Gasteiger partial charge in [0.1, 0.15) is 11.6 Å². The lowest BCUT2D eigenvalue weighted by molar-refractivity contribution is -0.137. The fourth-order valence-electron chi connectivity index (χ4n) is 2.29. The van der Waals surface area contributed by atoms with Crippen LogP contribution in [0.4, 0.5) is 13.2 Å². The number of nitrogens with two attached hydrogens (primary N) is 2. The summed E-state index contributed by atoms with van der Waals surface area (Å²) < 4.78 is 37.8. The lowest BCUT2D eigenvalue weighted by atomic mass is 10.0. The maximum atomic E-state index is 12.6. The number of halogens is 3. The second kappa shape index (κ2) is 9.54. The number of nitrogens with one attached hydrogen (secondary N) is 2. The standard InChI is InChI=1S/C18H25F3N4O3/c1-17(2,16(23)28)25-15(27)13(4-3-9-22)24-14(26)10-11-5-7-12(8-6-11)18(19,20)21/h5-8,13H,3-4,9-10,22H2,1-2H3,(H2,23,28)(H,24,26)(H,25,27)/t13-/m0/s1. The highest BCUT2D eigenvalue weighted by Crippen LogP contribution is 2.29. The number of rotatable bonds is 9. The molecule has 0 unspecified atom stereocenters. The Labute approximate surface area is 161 Å². The summed E-state index contributed by atoms with van der Waals surface area (Å²) in [5, 5.41) is 4.99. The van der Waals surface area contributed by atoms with E-state index in [0.717, 1.165) is 12.1 Å². The summed E-state index contributed by atoms with van der Waals surface area (Å²) in [5.41, 5.74) is 8.91. The summed E-state index contributed by atoms with van der Waals surface area (Å²) in [6.45, 7) is 3.15. The van der Waals surface area contributed by atoms with Crippen molar-refractivity contribution in [3.05, 3.63) is 35.4 Å². The van der Waals surface area contributed by atoms with Crippen molar-refractivity contribution in [3.8, 4) is 0 Å². The summed E-state index contributed by atoms with van der Waals surface area (Å²) in [7, 11) is 0. The van der Waals surface area contributed by atoms with Gasteiger partial charge in [-0.15, -0.1) is 0 Å². The first-order valence-corrected chi connectivity index (χ1v) is 8.64. The van der Waals surface area contributed by atoms with Crippen LogP contribution >= 0.6 is 0 Å². The van der Waals surface area contributed by atoms with Gasteiger partial charge < -0.3 is 22.1 Å². The summed E-state index contributed by atoms with van der Waals surface area (Å²) in [4.78, 5) is 36.0. The smallest absolute Gasteiger partial charge is 0.368 e. The van der Waals surface area contributed by atoms with Gasteiger partial charge in [0, 0.05) is 0 Å². The first kappa shape index (κ1) is 23.4. The largest absolute Gasteiger partial charge is 0.416 e. The number of alkyl halides is 3. The van der Waals surface area contributed by atoms with E-state index in [0.29, 0.717) is 12.0 Å². The fourth-order valence-corrected chi connectivity index (χ4v) is 2.29. The topological polar surface area (TPSA) is 127 Å². The van der Waals surface area contributed by atoms with E-state index >= 15 is 0 Å². The summed E-state index contributed by atoms with van der Waals surface area (Å²) in [5.74, 6) is -1.89. The van der Waals surface area contributed by atoms with E-state index < -0.39 is 41.0 Å². The minimum absolute atomic E-state index is 0.205. The minimum atomic E-state index is -4.46. The van der Waals surface area contributed by atoms with Gasteiger partial charge in [-0.25, -0.2) is 0 Å². The van der Waals surface area contributed by atoms with Crippen LogP contribution < -0.4 is 22.1 Å². The predicted octanol–water partition coefficient (Wildman–Crippen LogP) is 0.852. The molecule has 1 rings (SSSR count). The molecule has 7 nitrogen and oxygen atoms in total. The normalized spacial score (nSPS) is 12.9. The van der Waals surface area contributed by atoms with Gasteiger partial charge in [-0.2, -0.15) is 13.2 Å². The second-order valence-corrected chi connectivity index (χ2v) is 6.90. The van der Waals surface area contributed by atoms with Crippen molar-refractivity contribution in [2.45, 2.75) is 50.9 Å². The molecule has 1 atom stereocenters. The van der Waals surface area contributed by atoms with E-state index in [2.05, 4.69) is 10.6 Å². The molecule has 1 aromatic rings. The molecule has 3 amide bonds. The van der Waals surface area contributed by atoms with E-state index in [1.54, 1.807) is 0 Å². The Balaban J connectivity index is 2.78. The van der Waals surface area contributed by atoms with Crippen LogP contribution in [0.25, 0.3) is 0 Å². The quantitative estimate of drug-likeness (QED) is 0.488. The predicted molar refractivity (Wildman–Crippen MR) is 96.8 cm³/mol. The molecule has 0 radical (unpaired) electrons. The zero-order valence-electron chi connectivity index (χ0n) is 15.7. The highest BCUT2D eigenvalue weighted by atomic mass is 19.4. The molecule has 10 heteroatoms. The molecule has 0 heterocycles. The van der Waals surface area contributed by atoms with Crippen molar-refractivity contribution in [1.29, 1.82) is 0 Å². The average Bonchev–Trinajstić information content (AvgIpc) is 2.57. The van der Waals surface area contributed by atoms with Crippen LogP contribution in [0.5, 0.6) is 0 Å². The molecule has 0 saturated carbocycles. The zero-order chi connectivity index (χ0) is 21.5. The summed E-state index contributed by atoms with van der Waals surface area (Å²) >= 11 is 0. The maximum absolute atomic E-state index is 12.6. The van der Waals surface area contributed by atoms with Gasteiger partial charge in [-0.3, -0.25) is 14.4 Å². The van der Waals surface area contributed by atoms with Gasteiger partial charge in [0.2, 0.25) is 17.7 Å². The first-order chi connectivity index (χ1) is 12.9. The van der Waals surface area contributed by atoms with Crippen molar-refractivity contribution in [2.75, 3.05) is 6.54 Å². The van der Waals surface area contributed by atoms with Crippen molar-refractivity contribution >= 4 is 17.7 Å².